The number of ether oxygens (including phenoxy) is 1. The summed E-state index contributed by atoms with van der Waals surface area (Å²) in [6.45, 7) is 4.68. The second kappa shape index (κ2) is 7.88. The fourth-order valence-electron chi connectivity index (χ4n) is 1.66. The Kier molecular flexibility index (Phi) is 6.82. The number of rotatable bonds is 7. The number of alkyl halides is 3. The van der Waals surface area contributed by atoms with Gasteiger partial charge in [-0.2, -0.15) is 13.2 Å². The Hall–Kier alpha value is -0.750. The largest absolute Gasteiger partial charge is 0.492 e. The van der Waals surface area contributed by atoms with Crippen LogP contribution in [0.15, 0.2) is 22.7 Å². The molecule has 0 aliphatic rings. The van der Waals surface area contributed by atoms with E-state index in [2.05, 4.69) is 28.2 Å². The van der Waals surface area contributed by atoms with Crippen LogP contribution in [0.3, 0.4) is 0 Å². The quantitative estimate of drug-likeness (QED) is 0.757. The second-order valence-corrected chi connectivity index (χ2v) is 5.43. The average Bonchev–Trinajstić information content (AvgIpc) is 2.36. The second-order valence-electron chi connectivity index (χ2n) is 4.58. The SMILES string of the molecule is CCCNC(C)c1ccc(OCCC(F)(F)F)c(Br)c1. The summed E-state index contributed by atoms with van der Waals surface area (Å²) in [6, 6.07) is 5.62. The van der Waals surface area contributed by atoms with Crippen molar-refractivity contribution in [2.75, 3.05) is 13.2 Å². The first-order valence-corrected chi connectivity index (χ1v) is 7.35. The van der Waals surface area contributed by atoms with Crippen LogP contribution in [-0.2, 0) is 0 Å². The molecule has 1 unspecified atom stereocenters. The molecule has 1 aromatic rings. The molecular weight excluding hydrogens is 335 g/mol. The van der Waals surface area contributed by atoms with Crippen LogP contribution in [0.1, 0.15) is 38.3 Å². The van der Waals surface area contributed by atoms with E-state index in [0.29, 0.717) is 10.2 Å². The van der Waals surface area contributed by atoms with Crippen LogP contribution in [0.5, 0.6) is 5.75 Å². The van der Waals surface area contributed by atoms with E-state index in [1.807, 2.05) is 19.1 Å². The molecule has 0 spiro atoms. The number of benzene rings is 1. The minimum Gasteiger partial charge on any atom is -0.492 e. The summed E-state index contributed by atoms with van der Waals surface area (Å²) in [5.74, 6) is 0.431. The third-order valence-corrected chi connectivity index (χ3v) is 3.42. The van der Waals surface area contributed by atoms with Gasteiger partial charge in [-0.3, -0.25) is 0 Å². The zero-order chi connectivity index (χ0) is 15.2. The summed E-state index contributed by atoms with van der Waals surface area (Å²) >= 11 is 3.33. The highest BCUT2D eigenvalue weighted by Gasteiger charge is 2.27. The van der Waals surface area contributed by atoms with Crippen molar-refractivity contribution in [3.8, 4) is 5.75 Å². The molecule has 2 nitrogen and oxygen atoms in total. The van der Waals surface area contributed by atoms with Gasteiger partial charge in [0.2, 0.25) is 0 Å². The van der Waals surface area contributed by atoms with Crippen molar-refractivity contribution in [2.45, 2.75) is 38.9 Å². The smallest absolute Gasteiger partial charge is 0.392 e. The summed E-state index contributed by atoms with van der Waals surface area (Å²) in [4.78, 5) is 0. The van der Waals surface area contributed by atoms with Crippen LogP contribution in [0.2, 0.25) is 0 Å². The lowest BCUT2D eigenvalue weighted by molar-refractivity contribution is -0.139. The number of halogens is 4. The molecule has 1 atom stereocenters. The van der Waals surface area contributed by atoms with Crippen molar-refractivity contribution < 1.29 is 17.9 Å². The average molecular weight is 354 g/mol. The van der Waals surface area contributed by atoms with Crippen molar-refractivity contribution in [2.24, 2.45) is 0 Å². The molecule has 1 aromatic carbocycles. The van der Waals surface area contributed by atoms with E-state index in [1.165, 1.54) is 0 Å². The molecule has 1 rings (SSSR count). The predicted molar refractivity (Wildman–Crippen MR) is 77.0 cm³/mol. The van der Waals surface area contributed by atoms with Crippen LogP contribution in [0.25, 0.3) is 0 Å². The molecule has 0 saturated carbocycles. The Bertz CT molecular complexity index is 423. The van der Waals surface area contributed by atoms with E-state index < -0.39 is 12.6 Å². The number of hydrogen-bond acceptors (Lipinski definition) is 2. The third-order valence-electron chi connectivity index (χ3n) is 2.80. The minimum atomic E-state index is -4.19. The zero-order valence-electron chi connectivity index (χ0n) is 11.6. The van der Waals surface area contributed by atoms with Crippen molar-refractivity contribution in [1.82, 2.24) is 5.32 Å². The monoisotopic (exact) mass is 353 g/mol. The molecule has 0 heterocycles. The first kappa shape index (κ1) is 17.3. The Morgan fingerprint density at radius 1 is 1.35 bits per heavy atom. The maximum atomic E-state index is 12.0. The van der Waals surface area contributed by atoms with Gasteiger partial charge in [0.1, 0.15) is 5.75 Å². The Balaban J connectivity index is 2.59. The van der Waals surface area contributed by atoms with Gasteiger partial charge < -0.3 is 10.1 Å². The molecule has 0 aliphatic carbocycles. The van der Waals surface area contributed by atoms with Gasteiger partial charge in [0.05, 0.1) is 17.5 Å². The van der Waals surface area contributed by atoms with Crippen molar-refractivity contribution in [3.05, 3.63) is 28.2 Å². The molecular formula is C14H19BrF3NO. The van der Waals surface area contributed by atoms with Gasteiger partial charge in [0.15, 0.2) is 0 Å². The van der Waals surface area contributed by atoms with Crippen molar-refractivity contribution in [1.29, 1.82) is 0 Å². The van der Waals surface area contributed by atoms with E-state index in [1.54, 1.807) is 6.07 Å². The minimum absolute atomic E-state index is 0.190. The Morgan fingerprint density at radius 2 is 2.05 bits per heavy atom. The summed E-state index contributed by atoms with van der Waals surface area (Å²) in [6.07, 6.45) is -4.09. The fraction of sp³-hybridized carbons (Fsp3) is 0.571. The zero-order valence-corrected chi connectivity index (χ0v) is 13.1. The van der Waals surface area contributed by atoms with Gasteiger partial charge in [-0.15, -0.1) is 0 Å². The maximum Gasteiger partial charge on any atom is 0.392 e. The first-order valence-electron chi connectivity index (χ1n) is 6.56. The molecule has 0 bridgehead atoms. The lowest BCUT2D eigenvalue weighted by atomic mass is 10.1. The van der Waals surface area contributed by atoms with Crippen LogP contribution in [0.4, 0.5) is 13.2 Å². The molecule has 0 fully saturated rings. The molecule has 1 N–H and O–H groups in total. The molecule has 20 heavy (non-hydrogen) atoms. The van der Waals surface area contributed by atoms with Crippen LogP contribution < -0.4 is 10.1 Å². The molecule has 6 heteroatoms. The lowest BCUT2D eigenvalue weighted by Gasteiger charge is -2.16. The summed E-state index contributed by atoms with van der Waals surface area (Å²) in [5.41, 5.74) is 1.06. The van der Waals surface area contributed by atoms with Gasteiger partial charge in [0, 0.05) is 6.04 Å². The fourth-order valence-corrected chi connectivity index (χ4v) is 2.17. The van der Waals surface area contributed by atoms with E-state index in [0.717, 1.165) is 18.5 Å². The highest BCUT2D eigenvalue weighted by atomic mass is 79.9. The van der Waals surface area contributed by atoms with Gasteiger partial charge in [0.25, 0.3) is 0 Å². The normalized spacial score (nSPS) is 13.3. The van der Waals surface area contributed by atoms with E-state index in [9.17, 15) is 13.2 Å². The molecule has 0 aliphatic heterocycles. The van der Waals surface area contributed by atoms with Gasteiger partial charge in [-0.1, -0.05) is 13.0 Å². The summed E-state index contributed by atoms with van der Waals surface area (Å²) < 4.78 is 42.0. The van der Waals surface area contributed by atoms with Crippen molar-refractivity contribution in [3.63, 3.8) is 0 Å². The van der Waals surface area contributed by atoms with Crippen LogP contribution in [0, 0.1) is 0 Å². The summed E-state index contributed by atoms with van der Waals surface area (Å²) in [7, 11) is 0. The predicted octanol–water partition coefficient (Wildman–Crippen LogP) is 4.84. The first-order chi connectivity index (χ1) is 9.33. The van der Waals surface area contributed by atoms with E-state index in [4.69, 9.17) is 4.74 Å². The topological polar surface area (TPSA) is 21.3 Å². The highest BCUT2D eigenvalue weighted by Crippen LogP contribution is 2.29. The Morgan fingerprint density at radius 3 is 2.60 bits per heavy atom. The standard InChI is InChI=1S/C14H19BrF3NO/c1-3-7-19-10(2)11-4-5-13(12(15)9-11)20-8-6-14(16,17)18/h4-5,9-10,19H,3,6-8H2,1-2H3. The summed E-state index contributed by atoms with van der Waals surface area (Å²) in [5, 5.41) is 3.35. The highest BCUT2D eigenvalue weighted by molar-refractivity contribution is 9.10. The maximum absolute atomic E-state index is 12.0. The third kappa shape index (κ3) is 6.13. The molecule has 0 radical (unpaired) electrons. The van der Waals surface area contributed by atoms with Crippen LogP contribution in [-0.4, -0.2) is 19.3 Å². The van der Waals surface area contributed by atoms with Gasteiger partial charge >= 0.3 is 6.18 Å². The van der Waals surface area contributed by atoms with Gasteiger partial charge in [-0.05, 0) is 53.5 Å². The van der Waals surface area contributed by atoms with Gasteiger partial charge in [-0.25, -0.2) is 0 Å². The molecule has 0 aromatic heterocycles. The van der Waals surface area contributed by atoms with Crippen LogP contribution >= 0.6 is 15.9 Å². The number of hydrogen-bond donors (Lipinski definition) is 1. The van der Waals surface area contributed by atoms with E-state index in [-0.39, 0.29) is 12.6 Å². The molecule has 0 saturated heterocycles. The Labute approximate surface area is 125 Å². The van der Waals surface area contributed by atoms with Crippen molar-refractivity contribution >= 4 is 15.9 Å². The lowest BCUT2D eigenvalue weighted by Crippen LogP contribution is -2.19. The van der Waals surface area contributed by atoms with E-state index >= 15 is 0 Å². The molecule has 114 valence electrons. The number of nitrogens with one attached hydrogen (secondary N) is 1. The molecule has 0 amide bonds.